The number of methoxy groups -OCH3 is 2. The molecule has 1 unspecified atom stereocenters. The largest absolute Gasteiger partial charge is 0.493 e. The molecular formula is C25H36N2O4S. The summed E-state index contributed by atoms with van der Waals surface area (Å²) in [5, 5.41) is 2.01. The molecule has 2 amide bonds. The van der Waals surface area contributed by atoms with Crippen molar-refractivity contribution in [3.8, 4) is 11.5 Å². The molecular weight excluding hydrogens is 424 g/mol. The SMILES string of the molecule is CCC(C)N(CC(=O)N(CCc1ccc(OC)c(OC)c1)Cc1cccs1)C(=O)C(C)C. The molecule has 1 aromatic carbocycles. The van der Waals surface area contributed by atoms with E-state index in [1.54, 1.807) is 30.5 Å². The lowest BCUT2D eigenvalue weighted by molar-refractivity contribution is -0.144. The maximum atomic E-state index is 13.4. The second-order valence-corrected chi connectivity index (χ2v) is 9.24. The minimum atomic E-state index is -0.144. The lowest BCUT2D eigenvalue weighted by Gasteiger charge is -2.32. The van der Waals surface area contributed by atoms with Gasteiger partial charge in [0.15, 0.2) is 11.5 Å². The summed E-state index contributed by atoms with van der Waals surface area (Å²) in [5.41, 5.74) is 1.06. The monoisotopic (exact) mass is 460 g/mol. The summed E-state index contributed by atoms with van der Waals surface area (Å²) in [6, 6.07) is 9.86. The van der Waals surface area contributed by atoms with Crippen LogP contribution in [0.4, 0.5) is 0 Å². The fourth-order valence-electron chi connectivity index (χ4n) is 3.43. The number of hydrogen-bond acceptors (Lipinski definition) is 5. The van der Waals surface area contributed by atoms with Gasteiger partial charge in [-0.1, -0.05) is 32.9 Å². The summed E-state index contributed by atoms with van der Waals surface area (Å²) in [6.45, 7) is 8.98. The number of amides is 2. The molecule has 0 aliphatic rings. The second-order valence-electron chi connectivity index (χ2n) is 8.21. The van der Waals surface area contributed by atoms with E-state index in [9.17, 15) is 9.59 Å². The number of carbonyl (C=O) groups is 2. The fraction of sp³-hybridized carbons (Fsp3) is 0.520. The molecule has 0 bridgehead atoms. The van der Waals surface area contributed by atoms with Gasteiger partial charge in [0.2, 0.25) is 11.8 Å². The molecule has 0 fully saturated rings. The van der Waals surface area contributed by atoms with E-state index in [0.29, 0.717) is 31.0 Å². The zero-order valence-corrected chi connectivity index (χ0v) is 20.9. The highest BCUT2D eigenvalue weighted by atomic mass is 32.1. The van der Waals surface area contributed by atoms with E-state index in [0.717, 1.165) is 16.9 Å². The Bertz CT molecular complexity index is 867. The van der Waals surface area contributed by atoms with E-state index in [2.05, 4.69) is 0 Å². The molecule has 0 aliphatic carbocycles. The van der Waals surface area contributed by atoms with Crippen LogP contribution in [0.15, 0.2) is 35.7 Å². The van der Waals surface area contributed by atoms with Gasteiger partial charge in [0.05, 0.1) is 20.8 Å². The summed E-state index contributed by atoms with van der Waals surface area (Å²) >= 11 is 1.63. The molecule has 2 aromatic rings. The minimum Gasteiger partial charge on any atom is -0.493 e. The van der Waals surface area contributed by atoms with Crippen LogP contribution in [0.3, 0.4) is 0 Å². The third-order valence-corrected chi connectivity index (χ3v) is 6.46. The van der Waals surface area contributed by atoms with Gasteiger partial charge in [-0.25, -0.2) is 0 Å². The summed E-state index contributed by atoms with van der Waals surface area (Å²) in [5.74, 6) is 1.19. The van der Waals surface area contributed by atoms with Crippen LogP contribution in [0.5, 0.6) is 11.5 Å². The molecule has 7 heteroatoms. The maximum absolute atomic E-state index is 13.4. The first-order valence-corrected chi connectivity index (χ1v) is 12.0. The minimum absolute atomic E-state index is 0.0169. The van der Waals surface area contributed by atoms with E-state index in [-0.39, 0.29) is 30.3 Å². The number of thiophene rings is 1. The van der Waals surface area contributed by atoms with Crippen molar-refractivity contribution in [1.29, 1.82) is 0 Å². The van der Waals surface area contributed by atoms with E-state index < -0.39 is 0 Å². The average Bonchev–Trinajstić information content (AvgIpc) is 3.31. The molecule has 0 saturated carbocycles. The Morgan fingerprint density at radius 1 is 1.06 bits per heavy atom. The van der Waals surface area contributed by atoms with Crippen LogP contribution in [0.2, 0.25) is 0 Å². The van der Waals surface area contributed by atoms with Crippen molar-refractivity contribution in [1.82, 2.24) is 9.80 Å². The van der Waals surface area contributed by atoms with Crippen LogP contribution >= 0.6 is 11.3 Å². The second kappa shape index (κ2) is 12.5. The van der Waals surface area contributed by atoms with Crippen LogP contribution < -0.4 is 9.47 Å². The van der Waals surface area contributed by atoms with Gasteiger partial charge < -0.3 is 19.3 Å². The lowest BCUT2D eigenvalue weighted by atomic mass is 10.1. The molecule has 1 aromatic heterocycles. The quantitative estimate of drug-likeness (QED) is 0.464. The molecule has 2 rings (SSSR count). The first-order chi connectivity index (χ1) is 15.3. The summed E-state index contributed by atoms with van der Waals surface area (Å²) < 4.78 is 10.7. The van der Waals surface area contributed by atoms with Crippen molar-refractivity contribution >= 4 is 23.2 Å². The normalized spacial score (nSPS) is 11.8. The summed E-state index contributed by atoms with van der Waals surface area (Å²) in [4.78, 5) is 30.8. The molecule has 1 atom stereocenters. The predicted octanol–water partition coefficient (Wildman–Crippen LogP) is 4.62. The highest BCUT2D eigenvalue weighted by molar-refractivity contribution is 7.09. The smallest absolute Gasteiger partial charge is 0.242 e. The van der Waals surface area contributed by atoms with Crippen LogP contribution in [0.1, 0.15) is 44.6 Å². The van der Waals surface area contributed by atoms with E-state index in [1.807, 2.05) is 68.3 Å². The molecule has 6 nitrogen and oxygen atoms in total. The van der Waals surface area contributed by atoms with Crippen molar-refractivity contribution in [2.45, 2.75) is 53.1 Å². The highest BCUT2D eigenvalue weighted by Crippen LogP contribution is 2.28. The van der Waals surface area contributed by atoms with Crippen LogP contribution in [0, 0.1) is 5.92 Å². The Hall–Kier alpha value is -2.54. The number of carbonyl (C=O) groups excluding carboxylic acids is 2. The standard InChI is InChI=1S/C25H36N2O4S/c1-7-19(4)27(25(29)18(2)3)17-24(28)26(16-21-9-8-14-32-21)13-12-20-10-11-22(30-5)23(15-20)31-6/h8-11,14-15,18-19H,7,12-13,16-17H2,1-6H3. The van der Waals surface area contributed by atoms with Gasteiger partial charge in [-0.15, -0.1) is 11.3 Å². The molecule has 0 radical (unpaired) electrons. The molecule has 0 aliphatic heterocycles. The number of benzene rings is 1. The third-order valence-electron chi connectivity index (χ3n) is 5.60. The first kappa shape index (κ1) is 25.7. The zero-order valence-electron chi connectivity index (χ0n) is 20.1. The Morgan fingerprint density at radius 3 is 2.34 bits per heavy atom. The van der Waals surface area contributed by atoms with E-state index >= 15 is 0 Å². The molecule has 1 heterocycles. The van der Waals surface area contributed by atoms with Gasteiger partial charge in [-0.2, -0.15) is 0 Å². The Kier molecular flexibility index (Phi) is 10.0. The van der Waals surface area contributed by atoms with Crippen molar-refractivity contribution in [2.75, 3.05) is 27.3 Å². The van der Waals surface area contributed by atoms with Gasteiger partial charge in [-0.3, -0.25) is 9.59 Å². The van der Waals surface area contributed by atoms with Crippen molar-refractivity contribution in [3.05, 3.63) is 46.2 Å². The highest BCUT2D eigenvalue weighted by Gasteiger charge is 2.26. The zero-order chi connectivity index (χ0) is 23.7. The average molecular weight is 461 g/mol. The van der Waals surface area contributed by atoms with Crippen LogP contribution in [-0.4, -0.2) is 55.0 Å². The van der Waals surface area contributed by atoms with Crippen LogP contribution in [0.25, 0.3) is 0 Å². The maximum Gasteiger partial charge on any atom is 0.242 e. The molecule has 32 heavy (non-hydrogen) atoms. The van der Waals surface area contributed by atoms with Crippen molar-refractivity contribution in [3.63, 3.8) is 0 Å². The topological polar surface area (TPSA) is 59.1 Å². The number of ether oxygens (including phenoxy) is 2. The Balaban J connectivity index is 2.18. The molecule has 0 saturated heterocycles. The summed E-state index contributed by atoms with van der Waals surface area (Å²) in [6.07, 6.45) is 1.49. The van der Waals surface area contributed by atoms with Crippen LogP contribution in [-0.2, 0) is 22.6 Å². The van der Waals surface area contributed by atoms with Gasteiger partial charge in [0, 0.05) is 23.4 Å². The molecule has 176 valence electrons. The molecule has 0 spiro atoms. The predicted molar refractivity (Wildman–Crippen MR) is 129 cm³/mol. The lowest BCUT2D eigenvalue weighted by Crippen LogP contribution is -2.48. The Morgan fingerprint density at radius 2 is 1.78 bits per heavy atom. The molecule has 0 N–H and O–H groups in total. The van der Waals surface area contributed by atoms with Crippen molar-refractivity contribution < 1.29 is 19.1 Å². The summed E-state index contributed by atoms with van der Waals surface area (Å²) in [7, 11) is 3.23. The van der Waals surface area contributed by atoms with Gasteiger partial charge in [0.25, 0.3) is 0 Å². The third kappa shape index (κ3) is 6.99. The number of hydrogen-bond donors (Lipinski definition) is 0. The van der Waals surface area contributed by atoms with Gasteiger partial charge >= 0.3 is 0 Å². The van der Waals surface area contributed by atoms with Gasteiger partial charge in [0.1, 0.15) is 6.54 Å². The Labute approximate surface area is 196 Å². The van der Waals surface area contributed by atoms with Gasteiger partial charge in [-0.05, 0) is 48.9 Å². The first-order valence-electron chi connectivity index (χ1n) is 11.1. The number of rotatable bonds is 12. The fourth-order valence-corrected chi connectivity index (χ4v) is 4.15. The number of nitrogens with zero attached hydrogens (tertiary/aromatic N) is 2. The van der Waals surface area contributed by atoms with E-state index in [4.69, 9.17) is 9.47 Å². The van der Waals surface area contributed by atoms with E-state index in [1.165, 1.54) is 0 Å². The van der Waals surface area contributed by atoms with Crippen molar-refractivity contribution in [2.24, 2.45) is 5.92 Å².